The number of halogens is 4. The fourth-order valence-corrected chi connectivity index (χ4v) is 1.24. The van der Waals surface area contributed by atoms with E-state index in [1.54, 1.807) is 0 Å². The first-order valence-corrected chi connectivity index (χ1v) is 5.24. The Labute approximate surface area is 106 Å². The maximum atomic E-state index is 13.4. The zero-order chi connectivity index (χ0) is 13.7. The summed E-state index contributed by atoms with van der Waals surface area (Å²) in [5.74, 6) is -1.69. The van der Waals surface area contributed by atoms with E-state index in [0.29, 0.717) is 11.1 Å². The zero-order valence-electron chi connectivity index (χ0n) is 9.24. The van der Waals surface area contributed by atoms with Gasteiger partial charge in [-0.1, -0.05) is 0 Å². The Hall–Kier alpha value is -1.57. The van der Waals surface area contributed by atoms with Crippen molar-refractivity contribution in [3.05, 3.63) is 17.3 Å². The van der Waals surface area contributed by atoms with Gasteiger partial charge in [0.25, 0.3) is 6.43 Å². The summed E-state index contributed by atoms with van der Waals surface area (Å²) in [6.07, 6.45) is -3.32. The molecule has 1 amide bonds. The lowest BCUT2D eigenvalue weighted by atomic mass is 10.4. The summed E-state index contributed by atoms with van der Waals surface area (Å²) in [5.41, 5.74) is 0. The molecule has 0 unspecified atom stereocenters. The van der Waals surface area contributed by atoms with Gasteiger partial charge in [0.05, 0.1) is 19.3 Å². The standard InChI is InChI=1S/C9H9ClF3N3O2/c1-2-18-9(17)16(4-6(12)13)7-5(11)3-14-8(10)15-7/h3,6H,2,4H2,1H3. The van der Waals surface area contributed by atoms with Gasteiger partial charge in [-0.2, -0.15) is 4.98 Å². The molecule has 1 aromatic rings. The van der Waals surface area contributed by atoms with E-state index in [9.17, 15) is 18.0 Å². The molecule has 0 spiro atoms. The number of alkyl halides is 2. The first kappa shape index (κ1) is 14.5. The third-order valence-corrected chi connectivity index (χ3v) is 1.94. The summed E-state index contributed by atoms with van der Waals surface area (Å²) in [6.45, 7) is 0.393. The molecule has 0 aliphatic heterocycles. The van der Waals surface area contributed by atoms with Gasteiger partial charge in [0.1, 0.15) is 0 Å². The normalized spacial score (nSPS) is 10.6. The maximum Gasteiger partial charge on any atom is 0.415 e. The second-order valence-corrected chi connectivity index (χ2v) is 3.35. The van der Waals surface area contributed by atoms with Crippen LogP contribution in [0.15, 0.2) is 6.20 Å². The van der Waals surface area contributed by atoms with Crippen molar-refractivity contribution in [2.45, 2.75) is 13.3 Å². The molecule has 100 valence electrons. The van der Waals surface area contributed by atoms with E-state index in [1.807, 2.05) is 0 Å². The largest absolute Gasteiger partial charge is 0.449 e. The van der Waals surface area contributed by atoms with Crippen LogP contribution in [0.1, 0.15) is 6.92 Å². The minimum atomic E-state index is -2.87. The Bertz CT molecular complexity index is 434. The molecule has 5 nitrogen and oxygen atoms in total. The number of hydrogen-bond donors (Lipinski definition) is 0. The number of rotatable bonds is 4. The molecule has 0 N–H and O–H groups in total. The Morgan fingerprint density at radius 2 is 2.28 bits per heavy atom. The van der Waals surface area contributed by atoms with Gasteiger partial charge in [0.2, 0.25) is 5.28 Å². The van der Waals surface area contributed by atoms with Gasteiger partial charge in [0.15, 0.2) is 11.6 Å². The third-order valence-electron chi connectivity index (χ3n) is 1.76. The minimum Gasteiger partial charge on any atom is -0.449 e. The van der Waals surface area contributed by atoms with Gasteiger partial charge < -0.3 is 4.74 Å². The third kappa shape index (κ3) is 3.73. The first-order chi connectivity index (χ1) is 8.45. The molecule has 0 fully saturated rings. The zero-order valence-corrected chi connectivity index (χ0v) is 9.99. The maximum absolute atomic E-state index is 13.4. The fourth-order valence-electron chi connectivity index (χ4n) is 1.11. The van der Waals surface area contributed by atoms with E-state index in [2.05, 4.69) is 14.7 Å². The second-order valence-electron chi connectivity index (χ2n) is 3.01. The lowest BCUT2D eigenvalue weighted by Gasteiger charge is -2.20. The topological polar surface area (TPSA) is 55.3 Å². The molecule has 0 atom stereocenters. The number of anilines is 1. The van der Waals surface area contributed by atoms with E-state index in [-0.39, 0.29) is 11.9 Å². The van der Waals surface area contributed by atoms with Gasteiger partial charge in [-0.05, 0) is 18.5 Å². The summed E-state index contributed by atoms with van der Waals surface area (Å²) >= 11 is 5.42. The molecule has 0 bridgehead atoms. The Morgan fingerprint density at radius 1 is 1.61 bits per heavy atom. The SMILES string of the molecule is CCOC(=O)N(CC(F)F)c1nc(Cl)ncc1F. The lowest BCUT2D eigenvalue weighted by molar-refractivity contribution is 0.134. The summed E-state index contributed by atoms with van der Waals surface area (Å²) in [4.78, 5) is 18.5. The summed E-state index contributed by atoms with van der Waals surface area (Å²) in [7, 11) is 0. The molecule has 1 rings (SSSR count). The van der Waals surface area contributed by atoms with Crippen LogP contribution in [-0.4, -0.2) is 35.6 Å². The van der Waals surface area contributed by atoms with Gasteiger partial charge in [0, 0.05) is 0 Å². The van der Waals surface area contributed by atoms with E-state index >= 15 is 0 Å². The predicted molar refractivity (Wildman–Crippen MR) is 57.4 cm³/mol. The molecule has 1 aromatic heterocycles. The van der Waals surface area contributed by atoms with Crippen LogP contribution in [0.5, 0.6) is 0 Å². The number of carbonyl (C=O) groups is 1. The number of carbonyl (C=O) groups excluding carboxylic acids is 1. The average Bonchev–Trinajstić information content (AvgIpc) is 2.29. The summed E-state index contributed by atoms with van der Waals surface area (Å²) < 4.78 is 42.6. The first-order valence-electron chi connectivity index (χ1n) is 4.86. The van der Waals surface area contributed by atoms with Crippen molar-refractivity contribution in [2.75, 3.05) is 18.1 Å². The van der Waals surface area contributed by atoms with Crippen LogP contribution in [-0.2, 0) is 4.74 Å². The van der Waals surface area contributed by atoms with Crippen molar-refractivity contribution in [3.8, 4) is 0 Å². The number of aromatic nitrogens is 2. The van der Waals surface area contributed by atoms with E-state index < -0.39 is 30.7 Å². The van der Waals surface area contributed by atoms with E-state index in [0.717, 1.165) is 0 Å². The van der Waals surface area contributed by atoms with Gasteiger partial charge >= 0.3 is 6.09 Å². The highest BCUT2D eigenvalue weighted by Crippen LogP contribution is 2.19. The highest BCUT2D eigenvalue weighted by molar-refractivity contribution is 6.28. The lowest BCUT2D eigenvalue weighted by Crippen LogP contribution is -2.37. The van der Waals surface area contributed by atoms with Crippen molar-refractivity contribution in [2.24, 2.45) is 0 Å². The van der Waals surface area contributed by atoms with Crippen LogP contribution < -0.4 is 4.90 Å². The van der Waals surface area contributed by atoms with Crippen molar-refractivity contribution < 1.29 is 22.7 Å². The monoisotopic (exact) mass is 283 g/mol. The Kier molecular flexibility index (Phi) is 5.14. The van der Waals surface area contributed by atoms with Crippen LogP contribution in [0.2, 0.25) is 5.28 Å². The molecule has 0 aliphatic carbocycles. The molecule has 0 saturated heterocycles. The molecule has 1 heterocycles. The molecular formula is C9H9ClF3N3O2. The van der Waals surface area contributed by atoms with Crippen LogP contribution >= 0.6 is 11.6 Å². The molecule has 0 radical (unpaired) electrons. The summed E-state index contributed by atoms with van der Waals surface area (Å²) in [6, 6.07) is 0. The number of ether oxygens (including phenoxy) is 1. The van der Waals surface area contributed by atoms with Crippen molar-refractivity contribution in [1.82, 2.24) is 9.97 Å². The fraction of sp³-hybridized carbons (Fsp3) is 0.444. The summed E-state index contributed by atoms with van der Waals surface area (Å²) in [5, 5.41) is -0.366. The van der Waals surface area contributed by atoms with Crippen LogP contribution in [0, 0.1) is 5.82 Å². The average molecular weight is 284 g/mol. The molecule has 0 saturated carbocycles. The van der Waals surface area contributed by atoms with Crippen LogP contribution in [0.3, 0.4) is 0 Å². The highest BCUT2D eigenvalue weighted by Gasteiger charge is 2.25. The second kappa shape index (κ2) is 6.39. The van der Waals surface area contributed by atoms with Crippen molar-refractivity contribution in [1.29, 1.82) is 0 Å². The molecule has 0 aliphatic rings. The van der Waals surface area contributed by atoms with E-state index in [4.69, 9.17) is 11.6 Å². The molecule has 18 heavy (non-hydrogen) atoms. The molecular weight excluding hydrogens is 275 g/mol. The van der Waals surface area contributed by atoms with Crippen molar-refractivity contribution in [3.63, 3.8) is 0 Å². The van der Waals surface area contributed by atoms with Gasteiger partial charge in [-0.15, -0.1) is 0 Å². The van der Waals surface area contributed by atoms with Crippen LogP contribution in [0.4, 0.5) is 23.8 Å². The number of nitrogens with zero attached hydrogens (tertiary/aromatic N) is 3. The van der Waals surface area contributed by atoms with E-state index in [1.165, 1.54) is 6.92 Å². The van der Waals surface area contributed by atoms with Crippen molar-refractivity contribution >= 4 is 23.5 Å². The predicted octanol–water partition coefficient (Wildman–Crippen LogP) is 2.50. The quantitative estimate of drug-likeness (QED) is 0.797. The smallest absolute Gasteiger partial charge is 0.415 e. The Balaban J connectivity index is 3.08. The van der Waals surface area contributed by atoms with Crippen LogP contribution in [0.25, 0.3) is 0 Å². The number of hydrogen-bond acceptors (Lipinski definition) is 4. The molecule has 9 heteroatoms. The molecule has 0 aromatic carbocycles. The van der Waals surface area contributed by atoms with Gasteiger partial charge in [-0.3, -0.25) is 4.90 Å². The Morgan fingerprint density at radius 3 is 2.83 bits per heavy atom. The highest BCUT2D eigenvalue weighted by atomic mass is 35.5. The van der Waals surface area contributed by atoms with Gasteiger partial charge in [-0.25, -0.2) is 22.9 Å². The minimum absolute atomic E-state index is 0.0427. The number of amides is 1.